The van der Waals surface area contributed by atoms with Crippen molar-refractivity contribution in [1.29, 1.82) is 0 Å². The lowest BCUT2D eigenvalue weighted by atomic mass is 9.94. The molecule has 2 aromatic rings. The van der Waals surface area contributed by atoms with Gasteiger partial charge in [0.2, 0.25) is 0 Å². The lowest BCUT2D eigenvalue weighted by Gasteiger charge is -2.35. The van der Waals surface area contributed by atoms with Crippen LogP contribution in [-0.2, 0) is 0 Å². The first-order valence-corrected chi connectivity index (χ1v) is 9.95. The number of ether oxygens (including phenoxy) is 1. The van der Waals surface area contributed by atoms with Crippen LogP contribution < -0.4 is 10.1 Å². The maximum absolute atomic E-state index is 13.2. The lowest BCUT2D eigenvalue weighted by molar-refractivity contribution is 0.133. The number of carbonyl (C=O) groups excluding carboxylic acids is 1. The Morgan fingerprint density at radius 2 is 1.79 bits per heavy atom. The monoisotopic (exact) mass is 383 g/mol. The van der Waals surface area contributed by atoms with Gasteiger partial charge in [-0.3, -0.25) is 4.98 Å². The van der Waals surface area contributed by atoms with Gasteiger partial charge in [-0.15, -0.1) is 0 Å². The highest BCUT2D eigenvalue weighted by molar-refractivity contribution is 5.75. The number of benzene rings is 1. The molecule has 6 nitrogen and oxygen atoms in total. The van der Waals surface area contributed by atoms with Crippen LogP contribution in [0.2, 0.25) is 0 Å². The molecule has 1 saturated carbocycles. The number of hydrogen-bond donors (Lipinski definition) is 2. The highest BCUT2D eigenvalue weighted by atomic mass is 16.5. The standard InChI is InChI=1S/C22H29N3O3/c1-28-20-9-7-17(8-10-20)21(18-11-13-23-14-12-18)24-22(27)25(15-16-26)19-5-3-2-4-6-19/h7-14,19,21,26H,2-6,15-16H2,1H3,(H,24,27). The zero-order valence-corrected chi connectivity index (χ0v) is 16.4. The minimum absolute atomic E-state index is 0.0353. The second-order valence-electron chi connectivity index (χ2n) is 7.15. The molecule has 6 heteroatoms. The summed E-state index contributed by atoms with van der Waals surface area (Å²) in [6.45, 7) is 0.314. The number of amides is 2. The molecule has 150 valence electrons. The normalized spacial score (nSPS) is 15.6. The molecule has 0 bridgehead atoms. The third-order valence-corrected chi connectivity index (χ3v) is 5.37. The van der Waals surface area contributed by atoms with Gasteiger partial charge in [0.25, 0.3) is 0 Å². The maximum Gasteiger partial charge on any atom is 0.318 e. The second-order valence-corrected chi connectivity index (χ2v) is 7.15. The molecule has 1 aliphatic carbocycles. The number of aromatic nitrogens is 1. The molecule has 1 aliphatic rings. The number of aliphatic hydroxyl groups is 1. The number of methoxy groups -OCH3 is 1. The van der Waals surface area contributed by atoms with Crippen molar-refractivity contribution < 1.29 is 14.6 Å². The molecular formula is C22H29N3O3. The molecule has 1 fully saturated rings. The molecule has 0 radical (unpaired) electrons. The van der Waals surface area contributed by atoms with Crippen molar-refractivity contribution in [1.82, 2.24) is 15.2 Å². The van der Waals surface area contributed by atoms with Crippen LogP contribution in [0.1, 0.15) is 49.3 Å². The molecule has 0 aliphatic heterocycles. The average Bonchev–Trinajstić information content (AvgIpc) is 2.77. The molecule has 1 aromatic carbocycles. The fourth-order valence-corrected chi connectivity index (χ4v) is 3.87. The van der Waals surface area contributed by atoms with Crippen LogP contribution in [0.15, 0.2) is 48.8 Å². The van der Waals surface area contributed by atoms with Crippen molar-refractivity contribution in [2.75, 3.05) is 20.3 Å². The SMILES string of the molecule is COc1ccc(C(NC(=O)N(CCO)C2CCCCC2)c2ccncc2)cc1. The molecule has 0 spiro atoms. The fraction of sp³-hybridized carbons (Fsp3) is 0.455. The van der Waals surface area contributed by atoms with Crippen molar-refractivity contribution in [3.05, 3.63) is 59.9 Å². The van der Waals surface area contributed by atoms with E-state index in [1.54, 1.807) is 24.4 Å². The van der Waals surface area contributed by atoms with Crippen molar-refractivity contribution in [2.45, 2.75) is 44.2 Å². The van der Waals surface area contributed by atoms with Gasteiger partial charge in [0.05, 0.1) is 19.8 Å². The van der Waals surface area contributed by atoms with Gasteiger partial charge in [0.15, 0.2) is 0 Å². The summed E-state index contributed by atoms with van der Waals surface area (Å²) >= 11 is 0. The quantitative estimate of drug-likeness (QED) is 0.767. The van der Waals surface area contributed by atoms with E-state index in [4.69, 9.17) is 4.74 Å². The molecule has 1 unspecified atom stereocenters. The summed E-state index contributed by atoms with van der Waals surface area (Å²) in [7, 11) is 1.63. The summed E-state index contributed by atoms with van der Waals surface area (Å²) in [4.78, 5) is 19.1. The first-order chi connectivity index (χ1) is 13.7. The number of rotatable bonds is 7. The number of nitrogens with one attached hydrogen (secondary N) is 1. The van der Waals surface area contributed by atoms with Gasteiger partial charge in [0, 0.05) is 25.0 Å². The van der Waals surface area contributed by atoms with Crippen LogP contribution in [0, 0.1) is 0 Å². The van der Waals surface area contributed by atoms with Crippen LogP contribution in [0.4, 0.5) is 4.79 Å². The van der Waals surface area contributed by atoms with E-state index in [-0.39, 0.29) is 24.7 Å². The molecular weight excluding hydrogens is 354 g/mol. The van der Waals surface area contributed by atoms with Crippen LogP contribution in [0.3, 0.4) is 0 Å². The number of aliphatic hydroxyl groups excluding tert-OH is 1. The Bertz CT molecular complexity index is 730. The molecule has 28 heavy (non-hydrogen) atoms. The predicted molar refractivity (Wildman–Crippen MR) is 108 cm³/mol. The van der Waals surface area contributed by atoms with Crippen molar-refractivity contribution >= 4 is 6.03 Å². The van der Waals surface area contributed by atoms with E-state index < -0.39 is 0 Å². The molecule has 1 atom stereocenters. The van der Waals surface area contributed by atoms with Gasteiger partial charge in [-0.2, -0.15) is 0 Å². The summed E-state index contributed by atoms with van der Waals surface area (Å²) in [5.41, 5.74) is 1.93. The summed E-state index contributed by atoms with van der Waals surface area (Å²) in [6.07, 6.45) is 8.93. The zero-order chi connectivity index (χ0) is 19.8. The minimum atomic E-state index is -0.300. The third-order valence-electron chi connectivity index (χ3n) is 5.37. The maximum atomic E-state index is 13.2. The number of carbonyl (C=O) groups is 1. The third kappa shape index (κ3) is 5.01. The number of urea groups is 1. The summed E-state index contributed by atoms with van der Waals surface area (Å²) < 4.78 is 5.25. The largest absolute Gasteiger partial charge is 0.497 e. The topological polar surface area (TPSA) is 74.7 Å². The molecule has 2 N–H and O–H groups in total. The van der Waals surface area contributed by atoms with Crippen LogP contribution in [0.25, 0.3) is 0 Å². The van der Waals surface area contributed by atoms with Gasteiger partial charge in [-0.05, 0) is 48.2 Å². The lowest BCUT2D eigenvalue weighted by Crippen LogP contribution is -2.49. The molecule has 0 saturated heterocycles. The smallest absolute Gasteiger partial charge is 0.318 e. The molecule has 1 heterocycles. The highest BCUT2D eigenvalue weighted by Gasteiger charge is 2.27. The number of pyridine rings is 1. The van der Waals surface area contributed by atoms with E-state index in [0.29, 0.717) is 6.54 Å². The average molecular weight is 383 g/mol. The first kappa shape index (κ1) is 20.1. The fourth-order valence-electron chi connectivity index (χ4n) is 3.87. The Hall–Kier alpha value is -2.60. The first-order valence-electron chi connectivity index (χ1n) is 9.95. The molecule has 2 amide bonds. The number of hydrogen-bond acceptors (Lipinski definition) is 4. The highest BCUT2D eigenvalue weighted by Crippen LogP contribution is 2.26. The van der Waals surface area contributed by atoms with Gasteiger partial charge in [-0.1, -0.05) is 31.4 Å². The van der Waals surface area contributed by atoms with Gasteiger partial charge < -0.3 is 20.1 Å². The molecule has 3 rings (SSSR count). The van der Waals surface area contributed by atoms with E-state index in [1.165, 1.54) is 6.42 Å². The van der Waals surface area contributed by atoms with Crippen LogP contribution in [-0.4, -0.2) is 47.3 Å². The van der Waals surface area contributed by atoms with E-state index >= 15 is 0 Å². The van der Waals surface area contributed by atoms with Gasteiger partial charge in [-0.25, -0.2) is 4.79 Å². The van der Waals surface area contributed by atoms with Crippen LogP contribution in [0.5, 0.6) is 5.75 Å². The zero-order valence-electron chi connectivity index (χ0n) is 16.4. The van der Waals surface area contributed by atoms with E-state index in [2.05, 4.69) is 10.3 Å². The van der Waals surface area contributed by atoms with E-state index in [1.807, 2.05) is 36.4 Å². The van der Waals surface area contributed by atoms with E-state index in [0.717, 1.165) is 42.6 Å². The van der Waals surface area contributed by atoms with Crippen LogP contribution >= 0.6 is 0 Å². The Kier molecular flexibility index (Phi) is 7.25. The minimum Gasteiger partial charge on any atom is -0.497 e. The Balaban J connectivity index is 1.83. The summed E-state index contributed by atoms with van der Waals surface area (Å²) in [6, 6.07) is 11.3. The summed E-state index contributed by atoms with van der Waals surface area (Å²) in [5, 5.41) is 12.7. The Morgan fingerprint density at radius 3 is 2.39 bits per heavy atom. The van der Waals surface area contributed by atoms with E-state index in [9.17, 15) is 9.90 Å². The Labute approximate surface area is 166 Å². The van der Waals surface area contributed by atoms with Crippen molar-refractivity contribution in [2.24, 2.45) is 0 Å². The van der Waals surface area contributed by atoms with Crippen molar-refractivity contribution in [3.8, 4) is 5.75 Å². The predicted octanol–water partition coefficient (Wildman–Crippen LogP) is 3.52. The summed E-state index contributed by atoms with van der Waals surface area (Å²) in [5.74, 6) is 0.771. The van der Waals surface area contributed by atoms with Gasteiger partial charge in [0.1, 0.15) is 5.75 Å². The number of nitrogens with zero attached hydrogens (tertiary/aromatic N) is 2. The van der Waals surface area contributed by atoms with Crippen molar-refractivity contribution in [3.63, 3.8) is 0 Å². The van der Waals surface area contributed by atoms with Gasteiger partial charge >= 0.3 is 6.03 Å². The Morgan fingerprint density at radius 1 is 1.14 bits per heavy atom. The molecule has 1 aromatic heterocycles. The second kappa shape index (κ2) is 10.1.